The molecule has 1 aliphatic rings. The van der Waals surface area contributed by atoms with E-state index in [0.717, 1.165) is 29.7 Å². The molecule has 1 N–H and O–H groups in total. The molecule has 0 aliphatic heterocycles. The first-order valence-corrected chi connectivity index (χ1v) is 10.8. The number of nitriles is 1. The summed E-state index contributed by atoms with van der Waals surface area (Å²) in [4.78, 5) is 16.6. The Morgan fingerprint density at radius 3 is 2.67 bits per heavy atom. The summed E-state index contributed by atoms with van der Waals surface area (Å²) in [7, 11) is 0. The number of nitrogens with one attached hydrogen (secondary N) is 1. The normalized spacial score (nSPS) is 15.2. The third kappa shape index (κ3) is 4.07. The number of amides is 1. The summed E-state index contributed by atoms with van der Waals surface area (Å²) in [6.07, 6.45) is 5.39. The molecule has 0 bridgehead atoms. The fourth-order valence-electron chi connectivity index (χ4n) is 3.42. The van der Waals surface area contributed by atoms with E-state index in [1.807, 2.05) is 47.9 Å². The first-order valence-electron chi connectivity index (χ1n) is 9.79. The molecule has 2 heterocycles. The van der Waals surface area contributed by atoms with Gasteiger partial charge in [0.1, 0.15) is 5.54 Å². The van der Waals surface area contributed by atoms with Gasteiger partial charge in [-0.2, -0.15) is 5.26 Å². The van der Waals surface area contributed by atoms with Gasteiger partial charge in [-0.05, 0) is 56.4 Å². The van der Waals surface area contributed by atoms with Crippen LogP contribution in [0.4, 0.5) is 0 Å². The molecular formula is C22H22N6OS. The smallest absolute Gasteiger partial charge is 0.231 e. The average Bonchev–Trinajstić information content (AvgIpc) is 3.54. The van der Waals surface area contributed by atoms with Crippen LogP contribution in [-0.4, -0.2) is 36.9 Å². The summed E-state index contributed by atoms with van der Waals surface area (Å²) >= 11 is 1.31. The number of rotatable bonds is 7. The number of carbonyl (C=O) groups excluding carboxylic acids is 1. The second kappa shape index (κ2) is 8.28. The molecule has 30 heavy (non-hydrogen) atoms. The predicted octanol–water partition coefficient (Wildman–Crippen LogP) is 3.54. The number of hydrogen-bond donors (Lipinski definition) is 1. The van der Waals surface area contributed by atoms with Crippen molar-refractivity contribution in [1.29, 1.82) is 5.26 Å². The first-order chi connectivity index (χ1) is 14.5. The van der Waals surface area contributed by atoms with Crippen LogP contribution in [0.5, 0.6) is 0 Å². The molecule has 0 radical (unpaired) electrons. The van der Waals surface area contributed by atoms with E-state index in [-0.39, 0.29) is 17.6 Å². The molecule has 152 valence electrons. The molecule has 1 unspecified atom stereocenters. The Kier molecular flexibility index (Phi) is 5.55. The third-order valence-electron chi connectivity index (χ3n) is 5.29. The lowest BCUT2D eigenvalue weighted by atomic mass is 9.98. The number of para-hydroxylation sites is 1. The van der Waals surface area contributed by atoms with Crippen LogP contribution in [-0.2, 0) is 4.79 Å². The van der Waals surface area contributed by atoms with Crippen molar-refractivity contribution in [1.82, 2.24) is 25.1 Å². The largest absolute Gasteiger partial charge is 0.337 e. The van der Waals surface area contributed by atoms with Gasteiger partial charge in [-0.25, -0.2) is 0 Å². The maximum atomic E-state index is 12.6. The molecule has 0 spiro atoms. The van der Waals surface area contributed by atoms with Gasteiger partial charge < -0.3 is 5.32 Å². The Bertz CT molecular complexity index is 1100. The Morgan fingerprint density at radius 2 is 2.00 bits per heavy atom. The molecule has 1 atom stereocenters. The zero-order valence-electron chi connectivity index (χ0n) is 16.9. The van der Waals surface area contributed by atoms with Gasteiger partial charge in [-0.3, -0.25) is 14.3 Å². The maximum absolute atomic E-state index is 12.6. The lowest BCUT2D eigenvalue weighted by molar-refractivity contribution is -0.119. The number of pyridine rings is 1. The van der Waals surface area contributed by atoms with Crippen molar-refractivity contribution in [3.8, 4) is 23.1 Å². The molecule has 0 saturated heterocycles. The van der Waals surface area contributed by atoms with Crippen molar-refractivity contribution in [3.05, 3.63) is 54.4 Å². The van der Waals surface area contributed by atoms with Crippen molar-refractivity contribution in [2.24, 2.45) is 5.92 Å². The number of aryl methyl sites for hydroxylation is 1. The fourth-order valence-corrected chi connectivity index (χ4v) is 4.17. The fraction of sp³-hybridized carbons (Fsp3) is 0.318. The minimum atomic E-state index is -0.802. The molecule has 1 saturated carbocycles. The Hall–Kier alpha value is -3.18. The predicted molar refractivity (Wildman–Crippen MR) is 115 cm³/mol. The number of carbonyl (C=O) groups is 1. The highest BCUT2D eigenvalue weighted by Gasteiger charge is 2.43. The van der Waals surface area contributed by atoms with E-state index in [1.54, 1.807) is 19.3 Å². The van der Waals surface area contributed by atoms with Crippen molar-refractivity contribution in [2.45, 2.75) is 37.4 Å². The van der Waals surface area contributed by atoms with Gasteiger partial charge in [0.25, 0.3) is 0 Å². The van der Waals surface area contributed by atoms with E-state index in [9.17, 15) is 10.1 Å². The second-order valence-electron chi connectivity index (χ2n) is 7.59. The highest BCUT2D eigenvalue weighted by Crippen LogP contribution is 2.39. The monoisotopic (exact) mass is 418 g/mol. The van der Waals surface area contributed by atoms with Gasteiger partial charge in [0.2, 0.25) is 5.91 Å². The van der Waals surface area contributed by atoms with Crippen LogP contribution in [0.2, 0.25) is 0 Å². The Morgan fingerprint density at radius 1 is 1.27 bits per heavy atom. The summed E-state index contributed by atoms with van der Waals surface area (Å²) in [5, 5.41) is 21.7. The Balaban J connectivity index is 1.61. The summed E-state index contributed by atoms with van der Waals surface area (Å²) in [5.74, 6) is 0.908. The minimum absolute atomic E-state index is 0.157. The number of thioether (sulfide) groups is 1. The summed E-state index contributed by atoms with van der Waals surface area (Å²) in [5.41, 5.74) is 2.12. The van der Waals surface area contributed by atoms with E-state index >= 15 is 0 Å². The number of benzene rings is 1. The molecule has 7 nitrogen and oxygen atoms in total. The molecule has 8 heteroatoms. The van der Waals surface area contributed by atoms with Crippen LogP contribution in [0.1, 0.15) is 25.3 Å². The van der Waals surface area contributed by atoms with Crippen molar-refractivity contribution in [2.75, 3.05) is 5.75 Å². The second-order valence-corrected chi connectivity index (χ2v) is 8.53. The molecule has 4 rings (SSSR count). The van der Waals surface area contributed by atoms with Crippen LogP contribution < -0.4 is 5.32 Å². The summed E-state index contributed by atoms with van der Waals surface area (Å²) in [6.45, 7) is 3.82. The molecule has 2 aromatic heterocycles. The molecule has 3 aromatic rings. The van der Waals surface area contributed by atoms with Gasteiger partial charge in [-0.1, -0.05) is 30.0 Å². The van der Waals surface area contributed by atoms with Gasteiger partial charge in [0, 0.05) is 18.0 Å². The third-order valence-corrected chi connectivity index (χ3v) is 6.21. The molecule has 1 amide bonds. The van der Waals surface area contributed by atoms with Crippen molar-refractivity contribution >= 4 is 17.7 Å². The standard InChI is InChI=1S/C22H22N6OS/c1-15-5-3-4-6-18(15)28-20(16-9-11-24-12-10-16)26-27-21(28)30-13-19(29)25-22(2,14-23)17-7-8-17/h3-6,9-12,17H,7-8,13H2,1-2H3,(H,25,29). The van der Waals surface area contributed by atoms with Crippen LogP contribution in [0.3, 0.4) is 0 Å². The van der Waals surface area contributed by atoms with Crippen molar-refractivity contribution < 1.29 is 4.79 Å². The quantitative estimate of drug-likeness (QED) is 0.590. The number of aromatic nitrogens is 4. The number of hydrogen-bond acceptors (Lipinski definition) is 6. The van der Waals surface area contributed by atoms with Crippen LogP contribution >= 0.6 is 11.8 Å². The average molecular weight is 419 g/mol. The van der Waals surface area contributed by atoms with Gasteiger partial charge in [0.15, 0.2) is 11.0 Å². The lowest BCUT2D eigenvalue weighted by Gasteiger charge is -2.22. The van der Waals surface area contributed by atoms with Gasteiger partial charge in [-0.15, -0.1) is 10.2 Å². The SMILES string of the molecule is Cc1ccccc1-n1c(SCC(=O)NC(C)(C#N)C2CC2)nnc1-c1ccncc1. The van der Waals surface area contributed by atoms with E-state index < -0.39 is 5.54 Å². The molecular weight excluding hydrogens is 396 g/mol. The zero-order valence-corrected chi connectivity index (χ0v) is 17.7. The Labute approximate surface area is 179 Å². The number of nitrogens with zero attached hydrogens (tertiary/aromatic N) is 5. The van der Waals surface area contributed by atoms with E-state index in [4.69, 9.17) is 0 Å². The maximum Gasteiger partial charge on any atom is 0.231 e. The topological polar surface area (TPSA) is 96.5 Å². The van der Waals surface area contributed by atoms with E-state index in [2.05, 4.69) is 26.6 Å². The summed E-state index contributed by atoms with van der Waals surface area (Å²) < 4.78 is 1.97. The summed E-state index contributed by atoms with van der Waals surface area (Å²) in [6, 6.07) is 14.0. The van der Waals surface area contributed by atoms with E-state index in [1.165, 1.54) is 11.8 Å². The highest BCUT2D eigenvalue weighted by atomic mass is 32.2. The van der Waals surface area contributed by atoms with Crippen LogP contribution in [0.15, 0.2) is 53.9 Å². The van der Waals surface area contributed by atoms with Crippen LogP contribution in [0, 0.1) is 24.2 Å². The molecule has 1 fully saturated rings. The minimum Gasteiger partial charge on any atom is -0.337 e. The first kappa shape index (κ1) is 20.1. The zero-order chi connectivity index (χ0) is 21.1. The van der Waals surface area contributed by atoms with Gasteiger partial charge in [0.05, 0.1) is 17.5 Å². The van der Waals surface area contributed by atoms with E-state index in [0.29, 0.717) is 11.0 Å². The molecule has 1 aromatic carbocycles. The molecule has 1 aliphatic carbocycles. The van der Waals surface area contributed by atoms with Crippen LogP contribution in [0.25, 0.3) is 17.1 Å². The van der Waals surface area contributed by atoms with Gasteiger partial charge >= 0.3 is 0 Å². The van der Waals surface area contributed by atoms with Crippen molar-refractivity contribution in [3.63, 3.8) is 0 Å². The highest BCUT2D eigenvalue weighted by molar-refractivity contribution is 7.99. The lowest BCUT2D eigenvalue weighted by Crippen LogP contribution is -2.47.